The van der Waals surface area contributed by atoms with Gasteiger partial charge in [-0.2, -0.15) is 0 Å². The van der Waals surface area contributed by atoms with Gasteiger partial charge in [0.05, 0.1) is 17.1 Å². The van der Waals surface area contributed by atoms with E-state index in [1.807, 2.05) is 0 Å². The molecule has 0 fully saturated rings. The third-order valence-corrected chi connectivity index (χ3v) is 5.94. The molecule has 2 aromatic carbocycles. The van der Waals surface area contributed by atoms with Gasteiger partial charge in [0, 0.05) is 19.8 Å². The molecule has 0 saturated carbocycles. The van der Waals surface area contributed by atoms with Crippen LogP contribution in [0.3, 0.4) is 0 Å². The van der Waals surface area contributed by atoms with Crippen molar-refractivity contribution in [3.8, 4) is 5.75 Å². The van der Waals surface area contributed by atoms with Crippen LogP contribution in [0.1, 0.15) is 30.1 Å². The standard InChI is InChI=1S/C21H26N2O6S/c1-4-5-14-28-18-10-6-16(7-11-18)21(25)29-15-20(24)22-17-8-12-19(13-9-17)30(26,27)23(2)3/h6-13H,4-5,14-15H2,1-3H3,(H,22,24). The number of sulfonamides is 1. The normalized spacial score (nSPS) is 11.2. The van der Waals surface area contributed by atoms with Gasteiger partial charge in [0.25, 0.3) is 5.91 Å². The van der Waals surface area contributed by atoms with E-state index in [0.717, 1.165) is 17.1 Å². The summed E-state index contributed by atoms with van der Waals surface area (Å²) < 4.78 is 35.7. The van der Waals surface area contributed by atoms with Gasteiger partial charge in [0.15, 0.2) is 6.61 Å². The van der Waals surface area contributed by atoms with Crippen molar-refractivity contribution in [2.75, 3.05) is 32.6 Å². The third-order valence-electron chi connectivity index (χ3n) is 4.11. The van der Waals surface area contributed by atoms with Crippen LogP contribution in [0, 0.1) is 0 Å². The van der Waals surface area contributed by atoms with Crippen molar-refractivity contribution in [2.45, 2.75) is 24.7 Å². The van der Waals surface area contributed by atoms with Crippen LogP contribution in [0.2, 0.25) is 0 Å². The van der Waals surface area contributed by atoms with Crippen molar-refractivity contribution in [1.82, 2.24) is 4.31 Å². The lowest BCUT2D eigenvalue weighted by molar-refractivity contribution is -0.119. The molecule has 0 spiro atoms. The van der Waals surface area contributed by atoms with Crippen LogP contribution < -0.4 is 10.1 Å². The van der Waals surface area contributed by atoms with E-state index >= 15 is 0 Å². The first-order valence-electron chi connectivity index (χ1n) is 9.46. The number of nitrogens with one attached hydrogen (secondary N) is 1. The Morgan fingerprint density at radius 1 is 1.00 bits per heavy atom. The van der Waals surface area contributed by atoms with Crippen molar-refractivity contribution in [3.05, 3.63) is 54.1 Å². The number of carbonyl (C=O) groups is 2. The molecule has 2 rings (SSSR count). The first kappa shape index (κ1) is 23.4. The Hall–Kier alpha value is -2.91. The highest BCUT2D eigenvalue weighted by molar-refractivity contribution is 7.89. The van der Waals surface area contributed by atoms with E-state index in [-0.39, 0.29) is 4.90 Å². The van der Waals surface area contributed by atoms with Gasteiger partial charge in [0.2, 0.25) is 10.0 Å². The number of unbranched alkanes of at least 4 members (excludes halogenated alkanes) is 1. The Labute approximate surface area is 176 Å². The second-order valence-electron chi connectivity index (χ2n) is 6.66. The molecule has 0 atom stereocenters. The molecule has 0 unspecified atom stereocenters. The number of carbonyl (C=O) groups excluding carboxylic acids is 2. The minimum atomic E-state index is -3.54. The van der Waals surface area contributed by atoms with Gasteiger partial charge >= 0.3 is 5.97 Å². The highest BCUT2D eigenvalue weighted by atomic mass is 32.2. The van der Waals surface area contributed by atoms with Crippen LogP contribution in [0.5, 0.6) is 5.75 Å². The predicted molar refractivity (Wildman–Crippen MR) is 113 cm³/mol. The maximum absolute atomic E-state index is 12.1. The number of benzene rings is 2. The molecule has 0 aliphatic heterocycles. The molecule has 8 nitrogen and oxygen atoms in total. The molecule has 1 amide bonds. The molecule has 0 saturated heterocycles. The first-order chi connectivity index (χ1) is 14.2. The van der Waals surface area contributed by atoms with E-state index in [1.165, 1.54) is 38.4 Å². The second kappa shape index (κ2) is 10.7. The summed E-state index contributed by atoms with van der Waals surface area (Å²) in [5.41, 5.74) is 0.700. The van der Waals surface area contributed by atoms with Gasteiger partial charge in [-0.15, -0.1) is 0 Å². The Bertz CT molecular complexity index is 954. The van der Waals surface area contributed by atoms with Gasteiger partial charge in [-0.3, -0.25) is 4.79 Å². The van der Waals surface area contributed by atoms with E-state index in [4.69, 9.17) is 9.47 Å². The number of hydrogen-bond acceptors (Lipinski definition) is 6. The van der Waals surface area contributed by atoms with Gasteiger partial charge in [-0.1, -0.05) is 13.3 Å². The van der Waals surface area contributed by atoms with Crippen LogP contribution in [0.15, 0.2) is 53.4 Å². The summed E-state index contributed by atoms with van der Waals surface area (Å²) >= 11 is 0. The summed E-state index contributed by atoms with van der Waals surface area (Å²) in [5, 5.41) is 2.55. The van der Waals surface area contributed by atoms with Crippen molar-refractivity contribution in [1.29, 1.82) is 0 Å². The molecule has 0 heterocycles. The van der Waals surface area contributed by atoms with Crippen molar-refractivity contribution in [2.24, 2.45) is 0 Å². The first-order valence-corrected chi connectivity index (χ1v) is 10.9. The van der Waals surface area contributed by atoms with Gasteiger partial charge in [-0.05, 0) is 55.0 Å². The van der Waals surface area contributed by atoms with E-state index in [9.17, 15) is 18.0 Å². The van der Waals surface area contributed by atoms with Crippen molar-refractivity contribution >= 4 is 27.6 Å². The molecular weight excluding hydrogens is 408 g/mol. The lowest BCUT2D eigenvalue weighted by Gasteiger charge is -2.12. The van der Waals surface area contributed by atoms with Crippen LogP contribution in [-0.2, 0) is 19.6 Å². The minimum absolute atomic E-state index is 0.110. The van der Waals surface area contributed by atoms with Gasteiger partial charge < -0.3 is 14.8 Å². The van der Waals surface area contributed by atoms with E-state index in [1.54, 1.807) is 24.3 Å². The van der Waals surface area contributed by atoms with Crippen molar-refractivity contribution < 1.29 is 27.5 Å². The number of hydrogen-bond donors (Lipinski definition) is 1. The average molecular weight is 435 g/mol. The SMILES string of the molecule is CCCCOc1ccc(C(=O)OCC(=O)Nc2ccc(S(=O)(=O)N(C)C)cc2)cc1. The topological polar surface area (TPSA) is 102 Å². The minimum Gasteiger partial charge on any atom is -0.494 e. The monoisotopic (exact) mass is 434 g/mol. The maximum Gasteiger partial charge on any atom is 0.338 e. The van der Waals surface area contributed by atoms with Gasteiger partial charge in [-0.25, -0.2) is 17.5 Å². The Kier molecular flexibility index (Phi) is 8.37. The summed E-state index contributed by atoms with van der Waals surface area (Å²) in [5.74, 6) is -0.499. The lowest BCUT2D eigenvalue weighted by atomic mass is 10.2. The fourth-order valence-electron chi connectivity index (χ4n) is 2.35. The molecule has 162 valence electrons. The van der Waals surface area contributed by atoms with Gasteiger partial charge in [0.1, 0.15) is 5.75 Å². The zero-order valence-corrected chi connectivity index (χ0v) is 18.1. The zero-order valence-electron chi connectivity index (χ0n) is 17.3. The molecule has 0 aromatic heterocycles. The van der Waals surface area contributed by atoms with Crippen LogP contribution in [-0.4, -0.2) is 51.9 Å². The summed E-state index contributed by atoms with van der Waals surface area (Å²) in [6, 6.07) is 12.2. The number of ether oxygens (including phenoxy) is 2. The molecule has 0 aliphatic carbocycles. The van der Waals surface area contributed by atoms with E-state index < -0.39 is 28.5 Å². The second-order valence-corrected chi connectivity index (χ2v) is 8.81. The summed E-state index contributed by atoms with van der Waals surface area (Å²) in [4.78, 5) is 24.2. The highest BCUT2D eigenvalue weighted by Gasteiger charge is 2.17. The molecule has 0 bridgehead atoms. The largest absolute Gasteiger partial charge is 0.494 e. The fraction of sp³-hybridized carbons (Fsp3) is 0.333. The Morgan fingerprint density at radius 3 is 2.20 bits per heavy atom. The molecule has 1 N–H and O–H groups in total. The summed E-state index contributed by atoms with van der Waals surface area (Å²) in [6.45, 7) is 2.22. The molecule has 9 heteroatoms. The number of anilines is 1. The van der Waals surface area contributed by atoms with Crippen LogP contribution in [0.25, 0.3) is 0 Å². The predicted octanol–water partition coefficient (Wildman–Crippen LogP) is 2.91. The Balaban J connectivity index is 1.85. The van der Waals surface area contributed by atoms with Crippen molar-refractivity contribution in [3.63, 3.8) is 0 Å². The molecule has 2 aromatic rings. The average Bonchev–Trinajstić information content (AvgIpc) is 2.73. The smallest absolute Gasteiger partial charge is 0.338 e. The van der Waals surface area contributed by atoms with Crippen LogP contribution >= 0.6 is 0 Å². The molecule has 0 aliphatic rings. The maximum atomic E-state index is 12.1. The molecule has 30 heavy (non-hydrogen) atoms. The third kappa shape index (κ3) is 6.57. The quantitative estimate of drug-likeness (QED) is 0.456. The lowest BCUT2D eigenvalue weighted by Crippen LogP contribution is -2.22. The fourth-order valence-corrected chi connectivity index (χ4v) is 3.26. The number of rotatable bonds is 10. The number of amides is 1. The molecular formula is C21H26N2O6S. The van der Waals surface area contributed by atoms with E-state index in [2.05, 4.69) is 12.2 Å². The molecule has 0 radical (unpaired) electrons. The zero-order chi connectivity index (χ0) is 22.1. The summed E-state index contributed by atoms with van der Waals surface area (Å²) in [6.07, 6.45) is 1.99. The Morgan fingerprint density at radius 2 is 1.63 bits per heavy atom. The highest BCUT2D eigenvalue weighted by Crippen LogP contribution is 2.17. The van der Waals surface area contributed by atoms with E-state index in [0.29, 0.717) is 23.6 Å². The number of esters is 1. The number of nitrogens with zero attached hydrogens (tertiary/aromatic N) is 1. The van der Waals surface area contributed by atoms with Crippen LogP contribution in [0.4, 0.5) is 5.69 Å². The summed E-state index contributed by atoms with van der Waals surface area (Å²) in [7, 11) is -0.668.